The van der Waals surface area contributed by atoms with Crippen LogP contribution in [0.4, 0.5) is 0 Å². The molecule has 1 N–H and O–H groups in total. The van der Waals surface area contributed by atoms with Crippen LogP contribution in [0.15, 0.2) is 0 Å². The van der Waals surface area contributed by atoms with E-state index in [2.05, 4.69) is 26.1 Å². The van der Waals surface area contributed by atoms with Crippen molar-refractivity contribution in [2.24, 2.45) is 5.92 Å². The Kier molecular flexibility index (Phi) is 8.00. The Morgan fingerprint density at radius 3 is 2.24 bits per heavy atom. The summed E-state index contributed by atoms with van der Waals surface area (Å²) in [7, 11) is -3.03. The molecule has 0 aromatic rings. The Morgan fingerprint density at radius 2 is 1.82 bits per heavy atom. The van der Waals surface area contributed by atoms with E-state index in [4.69, 9.17) is 0 Å². The molecule has 0 heterocycles. The predicted molar refractivity (Wildman–Crippen MR) is 73.6 cm³/mol. The standard InChI is InChI=1S/C12H28N2O2S/c1-6-11(3)12(4)13-9-8-10-14(7-2)17(5,15)16/h11-13H,6-10H2,1-5H3. The van der Waals surface area contributed by atoms with Crippen LogP contribution in [0.5, 0.6) is 0 Å². The zero-order valence-electron chi connectivity index (χ0n) is 11.9. The van der Waals surface area contributed by atoms with Crippen molar-refractivity contribution in [2.45, 2.75) is 46.6 Å². The van der Waals surface area contributed by atoms with E-state index >= 15 is 0 Å². The molecule has 2 atom stereocenters. The molecule has 0 aliphatic rings. The Labute approximate surface area is 107 Å². The highest BCUT2D eigenvalue weighted by Gasteiger charge is 2.14. The summed E-state index contributed by atoms with van der Waals surface area (Å²) in [6, 6.07) is 0.494. The van der Waals surface area contributed by atoms with Gasteiger partial charge < -0.3 is 5.32 Å². The van der Waals surface area contributed by atoms with E-state index in [1.807, 2.05) is 6.92 Å². The van der Waals surface area contributed by atoms with E-state index in [1.165, 1.54) is 17.0 Å². The Morgan fingerprint density at radius 1 is 1.24 bits per heavy atom. The molecular formula is C12H28N2O2S. The van der Waals surface area contributed by atoms with Crippen molar-refractivity contribution in [2.75, 3.05) is 25.9 Å². The second kappa shape index (κ2) is 8.06. The third-order valence-electron chi connectivity index (χ3n) is 3.37. The first kappa shape index (κ1) is 16.9. The van der Waals surface area contributed by atoms with E-state index in [1.54, 1.807) is 0 Å². The molecular weight excluding hydrogens is 236 g/mol. The van der Waals surface area contributed by atoms with Gasteiger partial charge in [0, 0.05) is 19.1 Å². The summed E-state index contributed by atoms with van der Waals surface area (Å²) in [5.74, 6) is 0.659. The minimum absolute atomic E-state index is 0.494. The summed E-state index contributed by atoms with van der Waals surface area (Å²) >= 11 is 0. The van der Waals surface area contributed by atoms with E-state index in [-0.39, 0.29) is 0 Å². The van der Waals surface area contributed by atoms with Crippen molar-refractivity contribution >= 4 is 10.0 Å². The molecule has 0 aliphatic heterocycles. The van der Waals surface area contributed by atoms with Gasteiger partial charge in [0.1, 0.15) is 0 Å². The molecule has 0 rings (SSSR count). The van der Waals surface area contributed by atoms with E-state index in [9.17, 15) is 8.42 Å². The van der Waals surface area contributed by atoms with Crippen LogP contribution in [0.1, 0.15) is 40.5 Å². The molecule has 0 fully saturated rings. The fourth-order valence-corrected chi connectivity index (χ4v) is 2.63. The van der Waals surface area contributed by atoms with Gasteiger partial charge in [-0.3, -0.25) is 0 Å². The average Bonchev–Trinajstić information content (AvgIpc) is 2.25. The molecule has 0 saturated carbocycles. The molecule has 5 heteroatoms. The highest BCUT2D eigenvalue weighted by molar-refractivity contribution is 7.88. The molecule has 0 radical (unpaired) electrons. The van der Waals surface area contributed by atoms with Crippen LogP contribution in [-0.2, 0) is 10.0 Å². The number of nitrogens with one attached hydrogen (secondary N) is 1. The van der Waals surface area contributed by atoms with Gasteiger partial charge in [-0.1, -0.05) is 27.2 Å². The molecule has 0 saturated heterocycles. The monoisotopic (exact) mass is 264 g/mol. The van der Waals surface area contributed by atoms with Crippen molar-refractivity contribution < 1.29 is 8.42 Å². The van der Waals surface area contributed by atoms with Crippen LogP contribution in [-0.4, -0.2) is 44.7 Å². The van der Waals surface area contributed by atoms with Gasteiger partial charge in [-0.05, 0) is 25.8 Å². The molecule has 0 aromatic heterocycles. The van der Waals surface area contributed by atoms with Gasteiger partial charge in [0.15, 0.2) is 0 Å². The van der Waals surface area contributed by atoms with Gasteiger partial charge >= 0.3 is 0 Å². The first-order valence-corrected chi connectivity index (χ1v) is 8.36. The third-order valence-corrected chi connectivity index (χ3v) is 4.75. The average molecular weight is 264 g/mol. The van der Waals surface area contributed by atoms with Gasteiger partial charge in [-0.25, -0.2) is 12.7 Å². The van der Waals surface area contributed by atoms with Gasteiger partial charge in [0.2, 0.25) is 10.0 Å². The summed E-state index contributed by atoms with van der Waals surface area (Å²) in [6.07, 6.45) is 3.30. The third kappa shape index (κ3) is 7.01. The maximum Gasteiger partial charge on any atom is 0.211 e. The quantitative estimate of drug-likeness (QED) is 0.645. The lowest BCUT2D eigenvalue weighted by molar-refractivity contribution is 0.370. The second-order valence-corrected chi connectivity index (χ2v) is 6.72. The lowest BCUT2D eigenvalue weighted by Gasteiger charge is -2.21. The number of nitrogens with zero attached hydrogens (tertiary/aromatic N) is 1. The summed E-state index contributed by atoms with van der Waals surface area (Å²) < 4.78 is 24.2. The van der Waals surface area contributed by atoms with E-state index < -0.39 is 10.0 Å². The minimum atomic E-state index is -3.03. The largest absolute Gasteiger partial charge is 0.314 e. The topological polar surface area (TPSA) is 49.4 Å². The first-order chi connectivity index (χ1) is 7.82. The molecule has 0 bridgehead atoms. The van der Waals surface area contributed by atoms with Gasteiger partial charge in [-0.15, -0.1) is 0 Å². The molecule has 104 valence electrons. The Balaban J connectivity index is 3.84. The highest BCUT2D eigenvalue weighted by atomic mass is 32.2. The van der Waals surface area contributed by atoms with Crippen LogP contribution in [0.2, 0.25) is 0 Å². The van der Waals surface area contributed by atoms with Crippen molar-refractivity contribution in [1.29, 1.82) is 0 Å². The smallest absolute Gasteiger partial charge is 0.211 e. The molecule has 0 amide bonds. The summed E-state index contributed by atoms with van der Waals surface area (Å²) in [5, 5.41) is 3.44. The van der Waals surface area contributed by atoms with Gasteiger partial charge in [-0.2, -0.15) is 0 Å². The van der Waals surface area contributed by atoms with Crippen molar-refractivity contribution in [3.8, 4) is 0 Å². The lowest BCUT2D eigenvalue weighted by atomic mass is 10.0. The molecule has 0 aliphatic carbocycles. The Hall–Kier alpha value is -0.130. The minimum Gasteiger partial charge on any atom is -0.314 e. The molecule has 0 spiro atoms. The lowest BCUT2D eigenvalue weighted by Crippen LogP contribution is -2.36. The number of hydrogen-bond donors (Lipinski definition) is 1. The SMILES string of the molecule is CCC(C)C(C)NCCCN(CC)S(C)(=O)=O. The maximum atomic E-state index is 11.4. The fraction of sp³-hybridized carbons (Fsp3) is 1.00. The normalized spacial score (nSPS) is 16.1. The van der Waals surface area contributed by atoms with Crippen LogP contribution < -0.4 is 5.32 Å². The number of rotatable bonds is 9. The van der Waals surface area contributed by atoms with Crippen molar-refractivity contribution in [3.05, 3.63) is 0 Å². The molecule has 0 aromatic carbocycles. The predicted octanol–water partition coefficient (Wildman–Crippen LogP) is 1.68. The zero-order chi connectivity index (χ0) is 13.5. The van der Waals surface area contributed by atoms with E-state index in [0.717, 1.165) is 13.0 Å². The van der Waals surface area contributed by atoms with Crippen LogP contribution in [0.3, 0.4) is 0 Å². The first-order valence-electron chi connectivity index (χ1n) is 6.51. The van der Waals surface area contributed by atoms with Gasteiger partial charge in [0.25, 0.3) is 0 Å². The summed E-state index contributed by atoms with van der Waals surface area (Å²) in [6.45, 7) is 10.5. The summed E-state index contributed by atoms with van der Waals surface area (Å²) in [5.41, 5.74) is 0. The summed E-state index contributed by atoms with van der Waals surface area (Å²) in [4.78, 5) is 0. The number of sulfonamides is 1. The molecule has 4 nitrogen and oxygen atoms in total. The van der Waals surface area contributed by atoms with Crippen LogP contribution >= 0.6 is 0 Å². The van der Waals surface area contributed by atoms with E-state index in [0.29, 0.717) is 25.0 Å². The van der Waals surface area contributed by atoms with Gasteiger partial charge in [0.05, 0.1) is 6.26 Å². The molecule has 2 unspecified atom stereocenters. The van der Waals surface area contributed by atoms with Crippen molar-refractivity contribution in [1.82, 2.24) is 9.62 Å². The van der Waals surface area contributed by atoms with Crippen molar-refractivity contribution in [3.63, 3.8) is 0 Å². The molecule has 17 heavy (non-hydrogen) atoms. The second-order valence-electron chi connectivity index (χ2n) is 4.74. The zero-order valence-corrected chi connectivity index (χ0v) is 12.7. The van der Waals surface area contributed by atoms with Crippen LogP contribution in [0, 0.1) is 5.92 Å². The highest BCUT2D eigenvalue weighted by Crippen LogP contribution is 2.06. The van der Waals surface area contributed by atoms with Crippen LogP contribution in [0.25, 0.3) is 0 Å². The Bertz CT molecular complexity index is 291. The maximum absolute atomic E-state index is 11.4. The number of hydrogen-bond acceptors (Lipinski definition) is 3. The fourth-order valence-electron chi connectivity index (χ4n) is 1.70.